The topological polar surface area (TPSA) is 20.3 Å². The number of hydrogen-bond donors (Lipinski definition) is 0. The Hall–Kier alpha value is -0.790. The summed E-state index contributed by atoms with van der Waals surface area (Å²) in [6.07, 6.45) is 2.50. The Bertz CT molecular complexity index is 59.5. The van der Waals surface area contributed by atoms with Crippen LogP contribution in [0.4, 0.5) is 0 Å². The van der Waals surface area contributed by atoms with Crippen molar-refractivity contribution in [3.05, 3.63) is 12.7 Å². The van der Waals surface area contributed by atoms with Crippen LogP contribution in [0.1, 0.15) is 6.92 Å². The predicted molar refractivity (Wildman–Crippen MR) is 35.6 cm³/mol. The molecule has 0 fully saturated rings. The molecular weight excluding hydrogens is 102 g/mol. The monoisotopic (exact) mass is 115 g/mol. The van der Waals surface area contributed by atoms with Crippen LogP contribution in [0.3, 0.4) is 0 Å². The van der Waals surface area contributed by atoms with Crippen LogP contribution in [-0.2, 0) is 4.79 Å². The van der Waals surface area contributed by atoms with Crippen molar-refractivity contribution in [1.29, 1.82) is 0 Å². The maximum atomic E-state index is 9.43. The number of carbonyl (C=O) groups excluding carboxylic acids is 1. The Kier molecular flexibility index (Phi) is 12.2. The Labute approximate surface area is 50.8 Å². The van der Waals surface area contributed by atoms with E-state index in [9.17, 15) is 4.79 Å². The SMILES string of the molecule is C=CC.CN(C)C=O. The van der Waals surface area contributed by atoms with E-state index >= 15 is 0 Å². The Morgan fingerprint density at radius 3 is 1.62 bits per heavy atom. The maximum absolute atomic E-state index is 9.43. The Balaban J connectivity index is 0. The van der Waals surface area contributed by atoms with Crippen molar-refractivity contribution in [2.75, 3.05) is 14.1 Å². The van der Waals surface area contributed by atoms with Crippen molar-refractivity contribution in [2.24, 2.45) is 0 Å². The van der Waals surface area contributed by atoms with E-state index in [4.69, 9.17) is 0 Å². The molecular formula is C6H13NO. The van der Waals surface area contributed by atoms with Gasteiger partial charge in [0.25, 0.3) is 0 Å². The summed E-state index contributed by atoms with van der Waals surface area (Å²) in [4.78, 5) is 10.9. The van der Waals surface area contributed by atoms with Gasteiger partial charge in [0.15, 0.2) is 0 Å². The molecule has 0 aromatic heterocycles. The average Bonchev–Trinajstić information content (AvgIpc) is 1.69. The fourth-order valence-electron chi connectivity index (χ4n) is 0. The number of allylic oxidation sites excluding steroid dienone is 1. The molecule has 48 valence electrons. The second kappa shape index (κ2) is 9.51. The zero-order chi connectivity index (χ0) is 6.99. The number of hydrogen-bond acceptors (Lipinski definition) is 1. The third-order valence-corrected chi connectivity index (χ3v) is 0.211. The first-order valence-electron chi connectivity index (χ1n) is 2.37. The lowest BCUT2D eigenvalue weighted by atomic mass is 10.8. The normalized spacial score (nSPS) is 5.88. The van der Waals surface area contributed by atoms with E-state index in [1.807, 2.05) is 6.92 Å². The molecule has 0 aliphatic heterocycles. The lowest BCUT2D eigenvalue weighted by molar-refractivity contribution is -0.115. The van der Waals surface area contributed by atoms with Crippen LogP contribution in [0.2, 0.25) is 0 Å². The van der Waals surface area contributed by atoms with Crippen LogP contribution >= 0.6 is 0 Å². The summed E-state index contributed by atoms with van der Waals surface area (Å²) in [6.45, 7) is 5.25. The molecule has 0 rings (SSSR count). The minimum Gasteiger partial charge on any atom is -0.351 e. The zero-order valence-electron chi connectivity index (χ0n) is 5.72. The van der Waals surface area contributed by atoms with Gasteiger partial charge < -0.3 is 4.90 Å². The van der Waals surface area contributed by atoms with Crippen LogP contribution in [0.15, 0.2) is 12.7 Å². The van der Waals surface area contributed by atoms with Crippen molar-refractivity contribution in [3.63, 3.8) is 0 Å². The van der Waals surface area contributed by atoms with Gasteiger partial charge in [-0.15, -0.1) is 6.58 Å². The van der Waals surface area contributed by atoms with Crippen LogP contribution in [0.25, 0.3) is 0 Å². The predicted octanol–water partition coefficient (Wildman–Crippen LogP) is 0.897. The van der Waals surface area contributed by atoms with Crippen molar-refractivity contribution in [2.45, 2.75) is 6.92 Å². The molecule has 2 heteroatoms. The first-order valence-corrected chi connectivity index (χ1v) is 2.37. The van der Waals surface area contributed by atoms with E-state index < -0.39 is 0 Å². The van der Waals surface area contributed by atoms with Crippen LogP contribution < -0.4 is 0 Å². The van der Waals surface area contributed by atoms with Gasteiger partial charge in [-0.3, -0.25) is 4.79 Å². The van der Waals surface area contributed by atoms with E-state index in [1.165, 1.54) is 4.90 Å². The molecule has 0 radical (unpaired) electrons. The first kappa shape index (κ1) is 10.2. The molecule has 0 atom stereocenters. The molecule has 0 heterocycles. The molecule has 0 aromatic rings. The summed E-state index contributed by atoms with van der Waals surface area (Å²) in [6, 6.07) is 0. The molecule has 0 saturated heterocycles. The van der Waals surface area contributed by atoms with Crippen LogP contribution in [0, 0.1) is 0 Å². The average molecular weight is 115 g/mol. The summed E-state index contributed by atoms with van der Waals surface area (Å²) in [5.41, 5.74) is 0. The summed E-state index contributed by atoms with van der Waals surface area (Å²) >= 11 is 0. The van der Waals surface area contributed by atoms with Gasteiger partial charge in [0.1, 0.15) is 0 Å². The second-order valence-electron chi connectivity index (χ2n) is 1.48. The van der Waals surface area contributed by atoms with E-state index in [-0.39, 0.29) is 0 Å². The van der Waals surface area contributed by atoms with Gasteiger partial charge in [-0.25, -0.2) is 0 Å². The van der Waals surface area contributed by atoms with Gasteiger partial charge >= 0.3 is 0 Å². The molecule has 2 nitrogen and oxygen atoms in total. The smallest absolute Gasteiger partial charge is 0.209 e. The summed E-state index contributed by atoms with van der Waals surface area (Å²) in [5, 5.41) is 0. The maximum Gasteiger partial charge on any atom is 0.209 e. The van der Waals surface area contributed by atoms with Crippen LogP contribution in [0.5, 0.6) is 0 Å². The highest BCUT2D eigenvalue weighted by atomic mass is 16.1. The third-order valence-electron chi connectivity index (χ3n) is 0.211. The fourth-order valence-corrected chi connectivity index (χ4v) is 0. The highest BCUT2D eigenvalue weighted by Gasteiger charge is 1.68. The van der Waals surface area contributed by atoms with Gasteiger partial charge in [0, 0.05) is 14.1 Å². The molecule has 0 aromatic carbocycles. The molecule has 0 aliphatic rings. The zero-order valence-corrected chi connectivity index (χ0v) is 5.72. The van der Waals surface area contributed by atoms with Gasteiger partial charge in [0.05, 0.1) is 0 Å². The minimum absolute atomic E-state index is 0.750. The molecule has 0 unspecified atom stereocenters. The number of carbonyl (C=O) groups is 1. The van der Waals surface area contributed by atoms with E-state index in [0.717, 1.165) is 6.41 Å². The number of amides is 1. The molecule has 0 spiro atoms. The summed E-state index contributed by atoms with van der Waals surface area (Å²) < 4.78 is 0. The quantitative estimate of drug-likeness (QED) is 0.367. The minimum atomic E-state index is 0.750. The van der Waals surface area contributed by atoms with Crippen molar-refractivity contribution >= 4 is 6.41 Å². The van der Waals surface area contributed by atoms with E-state index in [0.29, 0.717) is 0 Å². The second-order valence-corrected chi connectivity index (χ2v) is 1.48. The van der Waals surface area contributed by atoms with Gasteiger partial charge in [-0.2, -0.15) is 0 Å². The number of nitrogens with zero attached hydrogens (tertiary/aromatic N) is 1. The van der Waals surface area contributed by atoms with Gasteiger partial charge in [-0.05, 0) is 6.92 Å². The van der Waals surface area contributed by atoms with Crippen molar-refractivity contribution in [1.82, 2.24) is 4.90 Å². The van der Waals surface area contributed by atoms with E-state index in [2.05, 4.69) is 6.58 Å². The van der Waals surface area contributed by atoms with Gasteiger partial charge in [0.2, 0.25) is 6.41 Å². The molecule has 0 N–H and O–H groups in total. The fraction of sp³-hybridized carbons (Fsp3) is 0.500. The largest absolute Gasteiger partial charge is 0.351 e. The molecule has 1 amide bonds. The summed E-state index contributed by atoms with van der Waals surface area (Å²) in [7, 11) is 3.38. The van der Waals surface area contributed by atoms with Crippen molar-refractivity contribution < 1.29 is 4.79 Å². The standard InChI is InChI=1S/C3H7NO.C3H6/c1-4(2)3-5;1-3-2/h3H,1-2H3;3H,1H2,2H3. The highest BCUT2D eigenvalue weighted by molar-refractivity contribution is 5.45. The molecule has 0 aliphatic carbocycles. The molecule has 0 bridgehead atoms. The summed E-state index contributed by atoms with van der Waals surface area (Å²) in [5.74, 6) is 0. The number of rotatable bonds is 1. The van der Waals surface area contributed by atoms with E-state index in [1.54, 1.807) is 20.2 Å². The van der Waals surface area contributed by atoms with Crippen molar-refractivity contribution in [3.8, 4) is 0 Å². The van der Waals surface area contributed by atoms with Gasteiger partial charge in [-0.1, -0.05) is 6.08 Å². The first-order chi connectivity index (χ1) is 3.68. The van der Waals surface area contributed by atoms with Crippen LogP contribution in [-0.4, -0.2) is 25.4 Å². The highest BCUT2D eigenvalue weighted by Crippen LogP contribution is 1.52. The Morgan fingerprint density at radius 2 is 1.62 bits per heavy atom. The molecule has 0 saturated carbocycles. The molecule has 8 heavy (non-hydrogen) atoms. The lowest BCUT2D eigenvalue weighted by Gasteiger charge is -1.93. The Morgan fingerprint density at radius 1 is 1.50 bits per heavy atom. The lowest BCUT2D eigenvalue weighted by Crippen LogP contribution is -2.06. The third kappa shape index (κ3) is 63.1.